The molecule has 0 amide bonds. The Morgan fingerprint density at radius 2 is 1.16 bits per heavy atom. The Morgan fingerprint density at radius 1 is 0.460 bits per heavy atom. The SMILES string of the molecule is c1ccc(-n2c3ccccc3c3ccc(N(c4ccc5ccc6sc7ccccc7c6c5c4)c4cccc5c4oc4ccccc45)cc32)cc1. The van der Waals surface area contributed by atoms with Crippen molar-refractivity contribution in [2.45, 2.75) is 0 Å². The van der Waals surface area contributed by atoms with Gasteiger partial charge in [-0.2, -0.15) is 0 Å². The van der Waals surface area contributed by atoms with Crippen molar-refractivity contribution >= 4 is 103 Å². The average molecular weight is 657 g/mol. The van der Waals surface area contributed by atoms with E-state index >= 15 is 0 Å². The summed E-state index contributed by atoms with van der Waals surface area (Å²) in [5.74, 6) is 0. The minimum Gasteiger partial charge on any atom is -0.454 e. The molecule has 3 heterocycles. The lowest BCUT2D eigenvalue weighted by Crippen LogP contribution is -2.10. The van der Waals surface area contributed by atoms with Gasteiger partial charge in [0.2, 0.25) is 0 Å². The molecule has 0 fully saturated rings. The van der Waals surface area contributed by atoms with Gasteiger partial charge in [-0.25, -0.2) is 0 Å². The van der Waals surface area contributed by atoms with E-state index in [2.05, 4.69) is 173 Å². The standard InChI is InChI=1S/C46H28N2OS/c1-2-11-30(12-3-1)48-39-17-7-4-13-33(39)34-25-24-32(28-41(34)48)47(40-18-10-16-36-35-14-5-8-19-42(35)49-46(36)40)31-23-21-29-22-26-44-45(38(29)27-31)37-15-6-9-20-43(37)50-44/h1-28H. The van der Waals surface area contributed by atoms with E-state index in [0.29, 0.717) is 0 Å². The molecule has 3 aromatic heterocycles. The van der Waals surface area contributed by atoms with Gasteiger partial charge in [-0.15, -0.1) is 11.3 Å². The number of para-hydroxylation sites is 4. The van der Waals surface area contributed by atoms with E-state index in [1.165, 1.54) is 47.2 Å². The topological polar surface area (TPSA) is 21.3 Å². The molecule has 8 aromatic carbocycles. The van der Waals surface area contributed by atoms with Crippen molar-refractivity contribution < 1.29 is 4.42 Å². The van der Waals surface area contributed by atoms with E-state index in [1.807, 2.05) is 17.4 Å². The second-order valence-corrected chi connectivity index (χ2v) is 14.0. The molecule has 3 nitrogen and oxygen atoms in total. The first kappa shape index (κ1) is 27.6. The molecule has 0 aliphatic carbocycles. The molecule has 0 unspecified atom stereocenters. The fraction of sp³-hybridized carbons (Fsp3) is 0. The summed E-state index contributed by atoms with van der Waals surface area (Å²) in [5, 5.41) is 9.77. The van der Waals surface area contributed by atoms with E-state index in [4.69, 9.17) is 4.42 Å². The molecule has 0 atom stereocenters. The van der Waals surface area contributed by atoms with Crippen LogP contribution in [0, 0.1) is 0 Å². The molecule has 11 aromatic rings. The molecule has 234 valence electrons. The molecule has 4 heteroatoms. The average Bonchev–Trinajstić information content (AvgIpc) is 3.85. The van der Waals surface area contributed by atoms with E-state index in [9.17, 15) is 0 Å². The van der Waals surface area contributed by atoms with Crippen molar-refractivity contribution in [2.75, 3.05) is 4.90 Å². The van der Waals surface area contributed by atoms with Crippen LogP contribution in [-0.2, 0) is 0 Å². The number of fused-ring (bicyclic) bond motifs is 11. The minimum atomic E-state index is 0.872. The number of nitrogens with zero attached hydrogens (tertiary/aromatic N) is 2. The fourth-order valence-corrected chi connectivity index (χ4v) is 9.08. The van der Waals surface area contributed by atoms with Crippen LogP contribution >= 0.6 is 11.3 Å². The molecule has 0 saturated carbocycles. The Morgan fingerprint density at radius 3 is 2.08 bits per heavy atom. The van der Waals surface area contributed by atoms with Gasteiger partial charge in [-0.05, 0) is 77.5 Å². The summed E-state index contributed by atoms with van der Waals surface area (Å²) >= 11 is 1.86. The van der Waals surface area contributed by atoms with Crippen molar-refractivity contribution in [3.8, 4) is 5.69 Å². The Labute approximate surface area is 291 Å². The van der Waals surface area contributed by atoms with Crippen LogP contribution in [0.4, 0.5) is 17.1 Å². The second-order valence-electron chi connectivity index (χ2n) is 12.9. The molecular weight excluding hydrogens is 629 g/mol. The van der Waals surface area contributed by atoms with Crippen molar-refractivity contribution in [3.63, 3.8) is 0 Å². The van der Waals surface area contributed by atoms with Crippen molar-refractivity contribution in [1.29, 1.82) is 0 Å². The largest absolute Gasteiger partial charge is 0.454 e. The summed E-state index contributed by atoms with van der Waals surface area (Å²) in [6.07, 6.45) is 0. The molecule has 50 heavy (non-hydrogen) atoms. The Bertz CT molecular complexity index is 3110. The molecule has 0 N–H and O–H groups in total. The maximum atomic E-state index is 6.69. The van der Waals surface area contributed by atoms with Gasteiger partial charge in [0, 0.05) is 58.8 Å². The third kappa shape index (κ3) is 3.97. The molecule has 0 radical (unpaired) electrons. The highest BCUT2D eigenvalue weighted by Gasteiger charge is 2.22. The number of hydrogen-bond donors (Lipinski definition) is 0. The van der Waals surface area contributed by atoms with Crippen molar-refractivity contribution in [2.24, 2.45) is 0 Å². The lowest BCUT2D eigenvalue weighted by Gasteiger charge is -2.26. The van der Waals surface area contributed by atoms with Crippen molar-refractivity contribution in [3.05, 3.63) is 170 Å². The zero-order valence-electron chi connectivity index (χ0n) is 26.9. The van der Waals surface area contributed by atoms with E-state index in [0.717, 1.165) is 50.2 Å². The summed E-state index contributed by atoms with van der Waals surface area (Å²) in [7, 11) is 0. The van der Waals surface area contributed by atoms with Gasteiger partial charge in [0.05, 0.1) is 16.7 Å². The third-order valence-corrected chi connectivity index (χ3v) is 11.3. The van der Waals surface area contributed by atoms with Crippen LogP contribution in [0.15, 0.2) is 174 Å². The van der Waals surface area contributed by atoms with E-state index in [-0.39, 0.29) is 0 Å². The molecule has 0 spiro atoms. The van der Waals surface area contributed by atoms with Crippen LogP contribution < -0.4 is 4.90 Å². The number of rotatable bonds is 4. The van der Waals surface area contributed by atoms with Crippen LogP contribution in [0.5, 0.6) is 0 Å². The lowest BCUT2D eigenvalue weighted by molar-refractivity contribution is 0.669. The molecule has 0 bridgehead atoms. The Hall–Kier alpha value is -6.36. The van der Waals surface area contributed by atoms with Gasteiger partial charge in [-0.1, -0.05) is 103 Å². The number of benzene rings is 8. The van der Waals surface area contributed by atoms with Crippen LogP contribution in [0.2, 0.25) is 0 Å². The summed E-state index contributed by atoms with van der Waals surface area (Å²) in [5.41, 5.74) is 8.39. The Kier molecular flexibility index (Phi) is 5.83. The monoisotopic (exact) mass is 656 g/mol. The first-order chi connectivity index (χ1) is 24.8. The maximum absolute atomic E-state index is 6.69. The highest BCUT2D eigenvalue weighted by atomic mass is 32.1. The normalized spacial score (nSPS) is 12.0. The van der Waals surface area contributed by atoms with Crippen LogP contribution in [0.25, 0.3) is 80.4 Å². The highest BCUT2D eigenvalue weighted by molar-refractivity contribution is 7.26. The highest BCUT2D eigenvalue weighted by Crippen LogP contribution is 2.46. The van der Waals surface area contributed by atoms with Crippen LogP contribution in [0.3, 0.4) is 0 Å². The van der Waals surface area contributed by atoms with Crippen molar-refractivity contribution in [1.82, 2.24) is 4.57 Å². The van der Waals surface area contributed by atoms with Gasteiger partial charge in [-0.3, -0.25) is 0 Å². The van der Waals surface area contributed by atoms with Crippen LogP contribution in [0.1, 0.15) is 0 Å². The lowest BCUT2D eigenvalue weighted by atomic mass is 10.0. The quantitative estimate of drug-likeness (QED) is 0.188. The molecule has 0 aliphatic heterocycles. The summed E-state index contributed by atoms with van der Waals surface area (Å²) in [4.78, 5) is 2.38. The van der Waals surface area contributed by atoms with Gasteiger partial charge in [0.1, 0.15) is 5.58 Å². The third-order valence-electron chi connectivity index (χ3n) is 10.2. The first-order valence-electron chi connectivity index (χ1n) is 16.9. The van der Waals surface area contributed by atoms with Gasteiger partial charge in [0.15, 0.2) is 5.58 Å². The van der Waals surface area contributed by atoms with Gasteiger partial charge in [0.25, 0.3) is 0 Å². The van der Waals surface area contributed by atoms with Gasteiger partial charge >= 0.3 is 0 Å². The fourth-order valence-electron chi connectivity index (χ4n) is 7.96. The first-order valence-corrected chi connectivity index (χ1v) is 17.7. The molecule has 0 aliphatic rings. The Balaban J connectivity index is 1.23. The van der Waals surface area contributed by atoms with Gasteiger partial charge < -0.3 is 13.9 Å². The predicted molar refractivity (Wildman–Crippen MR) is 213 cm³/mol. The number of furan rings is 1. The maximum Gasteiger partial charge on any atom is 0.159 e. The molecular formula is C46H28N2OS. The molecule has 0 saturated heterocycles. The van der Waals surface area contributed by atoms with E-state index in [1.54, 1.807) is 0 Å². The predicted octanol–water partition coefficient (Wildman–Crippen LogP) is 13.7. The summed E-state index contributed by atoms with van der Waals surface area (Å²) in [6.45, 7) is 0. The van der Waals surface area contributed by atoms with E-state index < -0.39 is 0 Å². The number of aromatic nitrogens is 1. The number of thiophene rings is 1. The minimum absolute atomic E-state index is 0.872. The summed E-state index contributed by atoms with van der Waals surface area (Å²) < 4.78 is 11.7. The number of anilines is 3. The molecule has 11 rings (SSSR count). The summed E-state index contributed by atoms with van der Waals surface area (Å²) in [6, 6.07) is 61.2. The zero-order valence-corrected chi connectivity index (χ0v) is 27.7. The smallest absolute Gasteiger partial charge is 0.159 e. The van der Waals surface area contributed by atoms with Crippen LogP contribution in [-0.4, -0.2) is 4.57 Å². The zero-order chi connectivity index (χ0) is 32.8. The number of hydrogen-bond acceptors (Lipinski definition) is 3. The second kappa shape index (κ2) is 10.6.